The Bertz CT molecular complexity index is 1530. The van der Waals surface area contributed by atoms with E-state index in [0.717, 1.165) is 0 Å². The van der Waals surface area contributed by atoms with Crippen molar-refractivity contribution in [3.63, 3.8) is 0 Å². The van der Waals surface area contributed by atoms with E-state index in [4.69, 9.17) is 56.8 Å². The summed E-state index contributed by atoms with van der Waals surface area (Å²) in [5, 5.41) is 132. The van der Waals surface area contributed by atoms with Crippen molar-refractivity contribution in [2.24, 2.45) is 0 Å². The smallest absolute Gasteiger partial charge is 0.187 e. The van der Waals surface area contributed by atoms with Gasteiger partial charge >= 0.3 is 0 Å². The van der Waals surface area contributed by atoms with Crippen LogP contribution in [0.4, 0.5) is 0 Å². The van der Waals surface area contributed by atoms with Crippen LogP contribution in [0, 0.1) is 0 Å². The molecule has 4 fully saturated rings. The molecule has 0 aromatic carbocycles. The van der Waals surface area contributed by atoms with Gasteiger partial charge in [0.2, 0.25) is 0 Å². The standard InChI is InChI=1S/C44H88N3O24/c1-45(2,3)12-22(48)15-62-18-25-29(51)30(52)34(56)42(66-25)65-21-28-40(32(54)35(57)41(61-11)67-28)71-44-37(59)33(55)39(27(69-44)20-64-17-24(50)14-47(7,8)9)70-43-36(58)31(53)38(60-10)26(68-43)19-63-16-23(49)13-46(4,5)6/h22-44,48-59H,12-21H2,1-11H3/q+3/t22?,23?,24?,25-,26-,27?,28-,29-,30?,31?,32?,33-,34?,35?,36?,37?,38+,39+,40+,41-,42-,43-,44-/m0/s1. The normalized spacial score (nSPS) is 40.1. The first-order valence-electron chi connectivity index (χ1n) is 23.9. The summed E-state index contributed by atoms with van der Waals surface area (Å²) in [7, 11) is 19.4. The second-order valence-electron chi connectivity index (χ2n) is 22.1. The van der Waals surface area contributed by atoms with Gasteiger partial charge in [-0.25, -0.2) is 0 Å². The number of hydrogen-bond acceptors (Lipinski definition) is 24. The van der Waals surface area contributed by atoms with Crippen LogP contribution in [0.25, 0.3) is 0 Å². The molecule has 0 saturated carbocycles. The highest BCUT2D eigenvalue weighted by atomic mass is 16.8. The summed E-state index contributed by atoms with van der Waals surface area (Å²) in [5.41, 5.74) is 0. The highest BCUT2D eigenvalue weighted by molar-refractivity contribution is 4.97. The maximum absolute atomic E-state index is 11.8. The van der Waals surface area contributed by atoms with E-state index < -0.39 is 154 Å². The number of rotatable bonds is 27. The highest BCUT2D eigenvalue weighted by Gasteiger charge is 2.55. The highest BCUT2D eigenvalue weighted by Crippen LogP contribution is 2.34. The first kappa shape index (κ1) is 62.5. The van der Waals surface area contributed by atoms with Crippen molar-refractivity contribution >= 4 is 0 Å². The Labute approximate surface area is 415 Å². The van der Waals surface area contributed by atoms with Crippen molar-refractivity contribution in [1.82, 2.24) is 0 Å². The molecule has 4 aliphatic heterocycles. The number of ether oxygens (including phenoxy) is 12. The van der Waals surface area contributed by atoms with Gasteiger partial charge in [0.1, 0.15) is 136 Å². The van der Waals surface area contributed by atoms with Gasteiger partial charge in [0.25, 0.3) is 0 Å². The van der Waals surface area contributed by atoms with E-state index in [1.807, 2.05) is 63.4 Å². The first-order chi connectivity index (χ1) is 32.9. The minimum atomic E-state index is -2.02. The van der Waals surface area contributed by atoms with E-state index in [0.29, 0.717) is 26.5 Å². The predicted octanol–water partition coefficient (Wildman–Crippen LogP) is -8.17. The number of aliphatic hydroxyl groups is 12. The molecule has 0 spiro atoms. The quantitative estimate of drug-likeness (QED) is 0.0340. The Morgan fingerprint density at radius 3 is 1.08 bits per heavy atom. The maximum Gasteiger partial charge on any atom is 0.187 e. The van der Waals surface area contributed by atoms with Crippen molar-refractivity contribution in [1.29, 1.82) is 0 Å². The Morgan fingerprint density at radius 1 is 0.366 bits per heavy atom. The van der Waals surface area contributed by atoms with Crippen LogP contribution in [0.15, 0.2) is 0 Å². The van der Waals surface area contributed by atoms with E-state index in [9.17, 15) is 61.3 Å². The third-order valence-electron chi connectivity index (χ3n) is 12.2. The van der Waals surface area contributed by atoms with Crippen LogP contribution in [-0.2, 0) is 56.8 Å². The molecule has 4 rings (SSSR count). The molecule has 0 aromatic heterocycles. The van der Waals surface area contributed by atoms with Gasteiger partial charge in [0.05, 0.1) is 110 Å². The maximum atomic E-state index is 11.8. The Hall–Kier alpha value is -1.08. The first-order valence-corrected chi connectivity index (χ1v) is 23.9. The van der Waals surface area contributed by atoms with Crippen LogP contribution in [0.5, 0.6) is 0 Å². The lowest BCUT2D eigenvalue weighted by Gasteiger charge is -2.48. The van der Waals surface area contributed by atoms with E-state index >= 15 is 0 Å². The molecule has 4 saturated heterocycles. The minimum absolute atomic E-state index is 0.0986. The van der Waals surface area contributed by atoms with Crippen molar-refractivity contribution in [3.05, 3.63) is 0 Å². The topological polar surface area (TPSA) is 354 Å². The zero-order valence-corrected chi connectivity index (χ0v) is 43.0. The average Bonchev–Trinajstić information content (AvgIpc) is 3.25. The minimum Gasteiger partial charge on any atom is -0.387 e. The molecular weight excluding hydrogens is 954 g/mol. The lowest BCUT2D eigenvalue weighted by atomic mass is 9.96. The van der Waals surface area contributed by atoms with Gasteiger partial charge in [-0.3, -0.25) is 0 Å². The van der Waals surface area contributed by atoms with E-state index in [2.05, 4.69) is 0 Å². The Balaban J connectivity index is 1.53. The van der Waals surface area contributed by atoms with Crippen LogP contribution in [0.3, 0.4) is 0 Å². The lowest BCUT2D eigenvalue weighted by Crippen LogP contribution is -2.67. The summed E-state index contributed by atoms with van der Waals surface area (Å²) < 4.78 is 71.0. The molecule has 0 bridgehead atoms. The third-order valence-corrected chi connectivity index (χ3v) is 12.2. The summed E-state index contributed by atoms with van der Waals surface area (Å²) in [5.74, 6) is 0. The molecule has 23 atom stereocenters. The number of hydrogen-bond donors (Lipinski definition) is 12. The van der Waals surface area contributed by atoms with Crippen LogP contribution in [0.2, 0.25) is 0 Å². The van der Waals surface area contributed by atoms with E-state index in [1.54, 1.807) is 0 Å². The van der Waals surface area contributed by atoms with Crippen molar-refractivity contribution in [2.75, 3.05) is 144 Å². The molecule has 0 radical (unpaired) electrons. The van der Waals surface area contributed by atoms with Crippen LogP contribution < -0.4 is 0 Å². The zero-order valence-electron chi connectivity index (χ0n) is 43.0. The molecule has 12 N–H and O–H groups in total. The number of quaternary nitrogens is 3. The largest absolute Gasteiger partial charge is 0.387 e. The predicted molar refractivity (Wildman–Crippen MR) is 241 cm³/mol. The second kappa shape index (κ2) is 27.3. The van der Waals surface area contributed by atoms with Gasteiger partial charge < -0.3 is 132 Å². The number of aliphatic hydroxyl groups excluding tert-OH is 12. The van der Waals surface area contributed by atoms with Gasteiger partial charge in [0.15, 0.2) is 25.2 Å². The summed E-state index contributed by atoms with van der Waals surface area (Å²) in [6.07, 6.45) is -35.2. The van der Waals surface area contributed by atoms with Gasteiger partial charge in [-0.1, -0.05) is 0 Å². The molecule has 4 heterocycles. The third kappa shape index (κ3) is 18.6. The number of methoxy groups -OCH3 is 2. The fourth-order valence-electron chi connectivity index (χ4n) is 8.87. The zero-order chi connectivity index (χ0) is 53.3. The molecule has 0 amide bonds. The molecule has 0 aromatic rings. The van der Waals surface area contributed by atoms with Gasteiger partial charge in [-0.15, -0.1) is 0 Å². The van der Waals surface area contributed by atoms with Crippen LogP contribution in [-0.4, -0.2) is 359 Å². The molecule has 11 unspecified atom stereocenters. The fraction of sp³-hybridized carbons (Fsp3) is 1.00. The van der Waals surface area contributed by atoms with Crippen molar-refractivity contribution < 1.29 is 132 Å². The molecule has 27 nitrogen and oxygen atoms in total. The second-order valence-corrected chi connectivity index (χ2v) is 22.1. The summed E-state index contributed by atoms with van der Waals surface area (Å²) in [4.78, 5) is 0. The molecule has 420 valence electrons. The van der Waals surface area contributed by atoms with Gasteiger partial charge in [-0.05, 0) is 0 Å². The molecule has 27 heteroatoms. The Kier molecular flexibility index (Phi) is 24.0. The molecular formula is C44H88N3O24+3. The van der Waals surface area contributed by atoms with E-state index in [-0.39, 0.29) is 39.6 Å². The van der Waals surface area contributed by atoms with Gasteiger partial charge in [-0.2, -0.15) is 0 Å². The van der Waals surface area contributed by atoms with Crippen molar-refractivity contribution in [3.8, 4) is 0 Å². The van der Waals surface area contributed by atoms with Gasteiger partial charge in [0, 0.05) is 14.2 Å². The van der Waals surface area contributed by atoms with Crippen LogP contribution >= 0.6 is 0 Å². The Morgan fingerprint density at radius 2 is 0.690 bits per heavy atom. The molecule has 4 aliphatic rings. The monoisotopic (exact) mass is 1040 g/mol. The summed E-state index contributed by atoms with van der Waals surface area (Å²) in [6.45, 7) is -1.07. The molecule has 0 aliphatic carbocycles. The average molecular weight is 1040 g/mol. The summed E-state index contributed by atoms with van der Waals surface area (Å²) in [6, 6.07) is 0. The lowest BCUT2D eigenvalue weighted by molar-refractivity contribution is -0.873. The van der Waals surface area contributed by atoms with E-state index in [1.165, 1.54) is 14.2 Å². The molecule has 71 heavy (non-hydrogen) atoms. The summed E-state index contributed by atoms with van der Waals surface area (Å²) >= 11 is 0. The van der Waals surface area contributed by atoms with Crippen LogP contribution in [0.1, 0.15) is 0 Å². The SMILES string of the molecule is CO[C@H]1O[C@@H](CO[C@H]2O[C@@H](COCC(O)C[N+](C)(C)C)[C@H](O)C(O)C2O)[C@@H](O[C@@H]2OC(COCC(O)C[N+](C)(C)C)[C@@H](O[C@@H]3O[C@@H](COCC(O)C[N+](C)(C)C)[C@@H](OC)C(O)C3O)[C@@H](O)C2O)C(O)C1O. The number of nitrogens with zero attached hydrogens (tertiary/aromatic N) is 3. The van der Waals surface area contributed by atoms with Crippen molar-refractivity contribution in [2.45, 2.75) is 141 Å². The fourth-order valence-corrected chi connectivity index (χ4v) is 8.87. The number of likely N-dealkylation sites (N-methyl/N-ethyl adjacent to an activating group) is 3.